The third-order valence-electron chi connectivity index (χ3n) is 4.52. The Balaban J connectivity index is 2.16. The van der Waals surface area contributed by atoms with Crippen LogP contribution < -0.4 is 16.1 Å². The van der Waals surface area contributed by atoms with Gasteiger partial charge in [-0.15, -0.1) is 0 Å². The minimum atomic E-state index is -1.51. The summed E-state index contributed by atoms with van der Waals surface area (Å²) in [4.78, 5) is 48.4. The zero-order valence-corrected chi connectivity index (χ0v) is 16.9. The maximum atomic E-state index is 12.7. The van der Waals surface area contributed by atoms with Gasteiger partial charge in [0.25, 0.3) is 17.7 Å². The number of benzene rings is 2. The topological polar surface area (TPSA) is 128 Å². The quantitative estimate of drug-likeness (QED) is 0.302. The van der Waals surface area contributed by atoms with E-state index >= 15 is 0 Å². The van der Waals surface area contributed by atoms with Crippen LogP contribution in [-0.2, 0) is 20.9 Å². The SMILES string of the molecule is CNC(=O)C(C(=O)NO)N(C)C(=O)c1ccc(-c2ccc(CNC(C)=O)cc2)cc1. The Bertz CT molecular complexity index is 909. The van der Waals surface area contributed by atoms with Crippen LogP contribution in [0.25, 0.3) is 11.1 Å². The van der Waals surface area contributed by atoms with Crippen LogP contribution in [0.2, 0.25) is 0 Å². The van der Waals surface area contributed by atoms with Gasteiger partial charge in [0.1, 0.15) is 0 Å². The lowest BCUT2D eigenvalue weighted by molar-refractivity contribution is -0.140. The van der Waals surface area contributed by atoms with Crippen LogP contribution >= 0.6 is 0 Å². The first-order valence-corrected chi connectivity index (χ1v) is 9.15. The number of hydrogen-bond donors (Lipinski definition) is 4. The lowest BCUT2D eigenvalue weighted by Crippen LogP contribution is -2.54. The van der Waals surface area contributed by atoms with Gasteiger partial charge in [0.05, 0.1) is 0 Å². The number of amides is 4. The van der Waals surface area contributed by atoms with Crippen molar-refractivity contribution in [2.45, 2.75) is 19.5 Å². The second kappa shape index (κ2) is 10.2. The largest absolute Gasteiger partial charge is 0.357 e. The van der Waals surface area contributed by atoms with Crippen LogP contribution in [0.4, 0.5) is 0 Å². The van der Waals surface area contributed by atoms with Crippen molar-refractivity contribution in [2.24, 2.45) is 0 Å². The smallest absolute Gasteiger partial charge is 0.275 e. The number of carbonyl (C=O) groups is 4. The lowest BCUT2D eigenvalue weighted by Gasteiger charge is -2.25. The van der Waals surface area contributed by atoms with Crippen molar-refractivity contribution in [1.29, 1.82) is 0 Å². The summed E-state index contributed by atoms with van der Waals surface area (Å²) < 4.78 is 0. The number of nitrogens with one attached hydrogen (secondary N) is 3. The fourth-order valence-corrected chi connectivity index (χ4v) is 2.84. The molecule has 1 unspecified atom stereocenters. The normalized spacial score (nSPS) is 11.2. The molecule has 158 valence electrons. The number of hydrogen-bond acceptors (Lipinski definition) is 5. The summed E-state index contributed by atoms with van der Waals surface area (Å²) in [6, 6.07) is 12.8. The monoisotopic (exact) mass is 412 g/mol. The highest BCUT2D eigenvalue weighted by atomic mass is 16.5. The molecule has 4 N–H and O–H groups in total. The molecule has 0 bridgehead atoms. The van der Waals surface area contributed by atoms with E-state index in [4.69, 9.17) is 5.21 Å². The molecule has 0 spiro atoms. The molecule has 0 saturated heterocycles. The molecule has 0 saturated carbocycles. The Morgan fingerprint density at radius 3 is 1.93 bits per heavy atom. The van der Waals surface area contributed by atoms with Crippen LogP contribution in [0.1, 0.15) is 22.8 Å². The van der Waals surface area contributed by atoms with Crippen molar-refractivity contribution >= 4 is 23.6 Å². The third-order valence-corrected chi connectivity index (χ3v) is 4.52. The highest BCUT2D eigenvalue weighted by molar-refractivity contribution is 6.08. The van der Waals surface area contributed by atoms with Crippen LogP contribution in [0.5, 0.6) is 0 Å². The van der Waals surface area contributed by atoms with Crippen molar-refractivity contribution < 1.29 is 24.4 Å². The summed E-state index contributed by atoms with van der Waals surface area (Å²) >= 11 is 0. The Hall–Kier alpha value is -3.72. The molecular weight excluding hydrogens is 388 g/mol. The average Bonchev–Trinajstić information content (AvgIpc) is 2.77. The van der Waals surface area contributed by atoms with E-state index in [2.05, 4.69) is 10.6 Å². The van der Waals surface area contributed by atoms with Crippen molar-refractivity contribution in [1.82, 2.24) is 21.0 Å². The highest BCUT2D eigenvalue weighted by Crippen LogP contribution is 2.21. The molecule has 0 heterocycles. The Labute approximate surface area is 174 Å². The van der Waals surface area contributed by atoms with Crippen molar-refractivity contribution in [3.8, 4) is 11.1 Å². The predicted molar refractivity (Wildman–Crippen MR) is 109 cm³/mol. The van der Waals surface area contributed by atoms with Crippen molar-refractivity contribution in [3.63, 3.8) is 0 Å². The van der Waals surface area contributed by atoms with Crippen LogP contribution in [0.3, 0.4) is 0 Å². The zero-order chi connectivity index (χ0) is 22.3. The molecular formula is C21H24N4O5. The highest BCUT2D eigenvalue weighted by Gasteiger charge is 2.33. The van der Waals surface area contributed by atoms with Gasteiger partial charge in [-0.25, -0.2) is 5.48 Å². The van der Waals surface area contributed by atoms with Gasteiger partial charge < -0.3 is 15.5 Å². The Morgan fingerprint density at radius 2 is 1.47 bits per heavy atom. The molecule has 9 nitrogen and oxygen atoms in total. The zero-order valence-electron chi connectivity index (χ0n) is 16.9. The van der Waals surface area contributed by atoms with E-state index in [1.807, 2.05) is 24.3 Å². The molecule has 30 heavy (non-hydrogen) atoms. The summed E-state index contributed by atoms with van der Waals surface area (Å²) in [5.74, 6) is -2.39. The van der Waals surface area contributed by atoms with E-state index in [0.29, 0.717) is 6.54 Å². The predicted octanol–water partition coefficient (Wildman–Crippen LogP) is 0.682. The van der Waals surface area contributed by atoms with E-state index in [-0.39, 0.29) is 11.5 Å². The Kier molecular flexibility index (Phi) is 7.65. The van der Waals surface area contributed by atoms with Gasteiger partial charge in [-0.3, -0.25) is 24.4 Å². The van der Waals surface area contributed by atoms with E-state index in [1.54, 1.807) is 24.3 Å². The number of rotatable bonds is 7. The second-order valence-corrected chi connectivity index (χ2v) is 6.59. The number of nitrogens with zero attached hydrogens (tertiary/aromatic N) is 1. The molecule has 4 amide bonds. The van der Waals surface area contributed by atoms with Gasteiger partial charge in [-0.05, 0) is 28.8 Å². The molecule has 0 aromatic heterocycles. The standard InChI is InChI=1S/C21H24N4O5/c1-13(26)23-12-14-4-6-15(7-5-14)16-8-10-17(11-9-16)21(29)25(3)18(19(27)22-2)20(28)24-30/h4-11,18,30H,12H2,1-3H3,(H,22,27)(H,23,26)(H,24,28). The van der Waals surface area contributed by atoms with Gasteiger partial charge in [0, 0.05) is 33.1 Å². The van der Waals surface area contributed by atoms with Crippen LogP contribution in [0.15, 0.2) is 48.5 Å². The average molecular weight is 412 g/mol. The maximum Gasteiger partial charge on any atom is 0.275 e. The molecule has 0 radical (unpaired) electrons. The van der Waals surface area contributed by atoms with E-state index in [0.717, 1.165) is 21.6 Å². The molecule has 2 rings (SSSR count). The molecule has 1 atom stereocenters. The second-order valence-electron chi connectivity index (χ2n) is 6.59. The fraction of sp³-hybridized carbons (Fsp3) is 0.238. The van der Waals surface area contributed by atoms with Gasteiger partial charge in [-0.2, -0.15) is 0 Å². The van der Waals surface area contributed by atoms with Gasteiger partial charge in [-0.1, -0.05) is 36.4 Å². The number of hydroxylamine groups is 1. The minimum Gasteiger partial charge on any atom is -0.357 e. The van der Waals surface area contributed by atoms with Gasteiger partial charge >= 0.3 is 0 Å². The summed E-state index contributed by atoms with van der Waals surface area (Å²) in [5.41, 5.74) is 4.44. The summed E-state index contributed by atoms with van der Waals surface area (Å²) in [7, 11) is 2.63. The van der Waals surface area contributed by atoms with Crippen molar-refractivity contribution in [2.75, 3.05) is 14.1 Å². The first kappa shape index (κ1) is 22.6. The van der Waals surface area contributed by atoms with Crippen molar-refractivity contribution in [3.05, 3.63) is 59.7 Å². The molecule has 0 aliphatic heterocycles. The third kappa shape index (κ3) is 5.42. The van der Waals surface area contributed by atoms with E-state index < -0.39 is 23.8 Å². The van der Waals surface area contributed by atoms with Crippen LogP contribution in [0, 0.1) is 0 Å². The number of likely N-dealkylation sites (N-methyl/N-ethyl adjacent to an activating group) is 2. The fourth-order valence-electron chi connectivity index (χ4n) is 2.84. The first-order chi connectivity index (χ1) is 14.3. The molecule has 2 aromatic rings. The van der Waals surface area contributed by atoms with E-state index in [9.17, 15) is 19.2 Å². The molecule has 9 heteroatoms. The Morgan fingerprint density at radius 1 is 0.933 bits per heavy atom. The molecule has 0 aliphatic rings. The van der Waals surface area contributed by atoms with Gasteiger partial charge in [0.2, 0.25) is 5.91 Å². The van der Waals surface area contributed by atoms with Crippen LogP contribution in [-0.4, -0.2) is 53.9 Å². The minimum absolute atomic E-state index is 0.0978. The summed E-state index contributed by atoms with van der Waals surface area (Å²) in [5, 5.41) is 13.9. The summed E-state index contributed by atoms with van der Waals surface area (Å²) in [6.07, 6.45) is 0. The lowest BCUT2D eigenvalue weighted by atomic mass is 10.0. The summed E-state index contributed by atoms with van der Waals surface area (Å²) in [6.45, 7) is 1.91. The molecule has 0 aliphatic carbocycles. The van der Waals surface area contributed by atoms with Gasteiger partial charge in [0.15, 0.2) is 6.04 Å². The molecule has 2 aromatic carbocycles. The number of carbonyl (C=O) groups excluding carboxylic acids is 4. The first-order valence-electron chi connectivity index (χ1n) is 9.15. The maximum absolute atomic E-state index is 12.7. The molecule has 0 fully saturated rings. The van der Waals surface area contributed by atoms with E-state index in [1.165, 1.54) is 26.5 Å².